The number of para-hydroxylation sites is 2. The Kier molecular flexibility index (Phi) is 8.76. The van der Waals surface area contributed by atoms with Gasteiger partial charge >= 0.3 is 0 Å². The van der Waals surface area contributed by atoms with Gasteiger partial charge in [0.15, 0.2) is 5.96 Å². The highest BCUT2D eigenvalue weighted by molar-refractivity contribution is 14.0. The van der Waals surface area contributed by atoms with Crippen molar-refractivity contribution < 1.29 is 0 Å². The molecule has 1 aromatic heterocycles. The van der Waals surface area contributed by atoms with Crippen molar-refractivity contribution in [3.63, 3.8) is 0 Å². The minimum atomic E-state index is 0. The number of rotatable bonds is 7. The normalized spacial score (nSPS) is 11.2. The summed E-state index contributed by atoms with van der Waals surface area (Å²) in [4.78, 5) is 13.5. The SMILES string of the molecule is CN=C(NCCSc1ccccc1)NCCc1nc2ccccc2[nH]1.I. The topological polar surface area (TPSA) is 65.1 Å². The number of hydrogen-bond acceptors (Lipinski definition) is 3. The van der Waals surface area contributed by atoms with Crippen molar-refractivity contribution in [3.05, 3.63) is 60.4 Å². The Labute approximate surface area is 175 Å². The molecular formula is C19H24IN5S. The van der Waals surface area contributed by atoms with E-state index in [2.05, 4.69) is 49.9 Å². The van der Waals surface area contributed by atoms with Crippen molar-refractivity contribution in [1.82, 2.24) is 20.6 Å². The average Bonchev–Trinajstić information content (AvgIpc) is 3.07. The highest BCUT2D eigenvalue weighted by atomic mass is 127. The first-order chi connectivity index (χ1) is 12.3. The van der Waals surface area contributed by atoms with Crippen molar-refractivity contribution in [2.45, 2.75) is 11.3 Å². The molecular weight excluding hydrogens is 457 g/mol. The van der Waals surface area contributed by atoms with Crippen LogP contribution in [0.3, 0.4) is 0 Å². The van der Waals surface area contributed by atoms with Gasteiger partial charge in [-0.1, -0.05) is 30.3 Å². The van der Waals surface area contributed by atoms with Gasteiger partial charge in [-0.2, -0.15) is 0 Å². The summed E-state index contributed by atoms with van der Waals surface area (Å²) in [6.07, 6.45) is 0.828. The number of nitrogens with zero attached hydrogens (tertiary/aromatic N) is 2. The lowest BCUT2D eigenvalue weighted by molar-refractivity contribution is 0.789. The summed E-state index contributed by atoms with van der Waals surface area (Å²) >= 11 is 1.84. The van der Waals surface area contributed by atoms with E-state index in [1.54, 1.807) is 7.05 Å². The first-order valence-corrected chi connectivity index (χ1v) is 9.40. The molecule has 0 atom stereocenters. The van der Waals surface area contributed by atoms with Crippen LogP contribution in [0.5, 0.6) is 0 Å². The molecule has 0 saturated heterocycles. The standard InChI is InChI=1S/C19H23N5S.HI/c1-20-19(22-13-14-25-15-7-3-2-4-8-15)21-12-11-18-23-16-9-5-6-10-17(16)24-18;/h2-10H,11-14H2,1H3,(H,23,24)(H2,20,21,22);1H. The zero-order chi connectivity index (χ0) is 17.3. The number of aromatic amines is 1. The van der Waals surface area contributed by atoms with E-state index in [4.69, 9.17) is 0 Å². The van der Waals surface area contributed by atoms with E-state index < -0.39 is 0 Å². The van der Waals surface area contributed by atoms with E-state index in [0.29, 0.717) is 0 Å². The van der Waals surface area contributed by atoms with E-state index in [9.17, 15) is 0 Å². The number of hydrogen-bond donors (Lipinski definition) is 3. The summed E-state index contributed by atoms with van der Waals surface area (Å²) in [5.41, 5.74) is 2.09. The highest BCUT2D eigenvalue weighted by Gasteiger charge is 2.03. The first kappa shape index (κ1) is 20.6. The van der Waals surface area contributed by atoms with E-state index in [-0.39, 0.29) is 24.0 Å². The molecule has 3 aromatic rings. The second-order valence-electron chi connectivity index (χ2n) is 5.54. The average molecular weight is 481 g/mol. The molecule has 0 amide bonds. The molecule has 0 aliphatic heterocycles. The van der Waals surface area contributed by atoms with Crippen molar-refractivity contribution in [2.24, 2.45) is 4.99 Å². The molecule has 0 spiro atoms. The quantitative estimate of drug-likeness (QED) is 0.158. The molecule has 3 N–H and O–H groups in total. The molecule has 5 nitrogen and oxygen atoms in total. The Morgan fingerprint density at radius 3 is 2.54 bits per heavy atom. The van der Waals surface area contributed by atoms with Gasteiger partial charge in [0.25, 0.3) is 0 Å². The van der Waals surface area contributed by atoms with Crippen LogP contribution in [-0.4, -0.2) is 41.8 Å². The van der Waals surface area contributed by atoms with Crippen LogP contribution in [0.2, 0.25) is 0 Å². The molecule has 26 heavy (non-hydrogen) atoms. The monoisotopic (exact) mass is 481 g/mol. The van der Waals surface area contributed by atoms with Gasteiger partial charge in [-0.25, -0.2) is 4.98 Å². The number of guanidine groups is 1. The number of nitrogens with one attached hydrogen (secondary N) is 3. The second kappa shape index (κ2) is 11.1. The van der Waals surface area contributed by atoms with E-state index >= 15 is 0 Å². The minimum Gasteiger partial charge on any atom is -0.356 e. The molecule has 0 aliphatic carbocycles. The van der Waals surface area contributed by atoms with Gasteiger partial charge in [0.2, 0.25) is 0 Å². The van der Waals surface area contributed by atoms with Gasteiger partial charge < -0.3 is 15.6 Å². The van der Waals surface area contributed by atoms with Crippen molar-refractivity contribution in [1.29, 1.82) is 0 Å². The van der Waals surface area contributed by atoms with E-state index in [1.807, 2.05) is 42.1 Å². The number of aliphatic imine (C=N–C) groups is 1. The number of H-pyrrole nitrogens is 1. The maximum absolute atomic E-state index is 4.59. The maximum Gasteiger partial charge on any atom is 0.191 e. The fourth-order valence-corrected chi connectivity index (χ4v) is 3.29. The lowest BCUT2D eigenvalue weighted by Gasteiger charge is -2.11. The van der Waals surface area contributed by atoms with Crippen LogP contribution in [0.1, 0.15) is 5.82 Å². The molecule has 138 valence electrons. The van der Waals surface area contributed by atoms with Crippen molar-refractivity contribution >= 4 is 52.7 Å². The van der Waals surface area contributed by atoms with E-state index in [0.717, 1.165) is 48.1 Å². The lowest BCUT2D eigenvalue weighted by Crippen LogP contribution is -2.39. The first-order valence-electron chi connectivity index (χ1n) is 8.41. The molecule has 2 aromatic carbocycles. The summed E-state index contributed by atoms with van der Waals surface area (Å²) in [5.74, 6) is 2.81. The molecule has 0 aliphatic rings. The molecule has 0 radical (unpaired) electrons. The molecule has 3 rings (SSSR count). The molecule has 0 fully saturated rings. The minimum absolute atomic E-state index is 0. The van der Waals surface area contributed by atoms with Gasteiger partial charge in [0.1, 0.15) is 5.82 Å². The smallest absolute Gasteiger partial charge is 0.191 e. The fraction of sp³-hybridized carbons (Fsp3) is 0.263. The van der Waals surface area contributed by atoms with Gasteiger partial charge in [0.05, 0.1) is 11.0 Å². The van der Waals surface area contributed by atoms with Gasteiger partial charge in [0, 0.05) is 37.2 Å². The van der Waals surface area contributed by atoms with Crippen LogP contribution < -0.4 is 10.6 Å². The zero-order valence-corrected chi connectivity index (χ0v) is 17.9. The third-order valence-electron chi connectivity index (χ3n) is 3.72. The van der Waals surface area contributed by atoms with Crippen LogP contribution in [0, 0.1) is 0 Å². The Morgan fingerprint density at radius 1 is 1.04 bits per heavy atom. The van der Waals surface area contributed by atoms with Crippen LogP contribution >= 0.6 is 35.7 Å². The second-order valence-corrected chi connectivity index (χ2v) is 6.71. The Hall–Kier alpha value is -1.74. The molecule has 0 bridgehead atoms. The van der Waals surface area contributed by atoms with E-state index in [1.165, 1.54) is 4.90 Å². The fourth-order valence-electron chi connectivity index (χ4n) is 2.50. The zero-order valence-electron chi connectivity index (χ0n) is 14.7. The largest absolute Gasteiger partial charge is 0.356 e. The number of benzene rings is 2. The number of fused-ring (bicyclic) bond motifs is 1. The summed E-state index contributed by atoms with van der Waals surface area (Å²) in [6, 6.07) is 18.5. The summed E-state index contributed by atoms with van der Waals surface area (Å²) in [7, 11) is 1.79. The van der Waals surface area contributed by atoms with Crippen molar-refractivity contribution in [2.75, 3.05) is 25.9 Å². The Balaban J connectivity index is 0.00000243. The van der Waals surface area contributed by atoms with Crippen LogP contribution in [-0.2, 0) is 6.42 Å². The molecule has 0 saturated carbocycles. The van der Waals surface area contributed by atoms with Crippen LogP contribution in [0.15, 0.2) is 64.5 Å². The number of aromatic nitrogens is 2. The number of halogens is 1. The summed E-state index contributed by atoms with van der Waals surface area (Å²) in [5, 5.41) is 6.67. The predicted octanol–water partition coefficient (Wildman–Crippen LogP) is 3.68. The summed E-state index contributed by atoms with van der Waals surface area (Å²) in [6.45, 7) is 1.65. The summed E-state index contributed by atoms with van der Waals surface area (Å²) < 4.78 is 0. The van der Waals surface area contributed by atoms with Crippen LogP contribution in [0.25, 0.3) is 11.0 Å². The maximum atomic E-state index is 4.59. The van der Waals surface area contributed by atoms with Gasteiger partial charge in [-0.15, -0.1) is 35.7 Å². The Bertz CT molecular complexity index is 786. The molecule has 7 heteroatoms. The number of imidazole rings is 1. The van der Waals surface area contributed by atoms with Gasteiger partial charge in [-0.3, -0.25) is 4.99 Å². The van der Waals surface area contributed by atoms with Crippen LogP contribution in [0.4, 0.5) is 0 Å². The third kappa shape index (κ3) is 6.21. The number of thioether (sulfide) groups is 1. The molecule has 1 heterocycles. The predicted molar refractivity (Wildman–Crippen MR) is 122 cm³/mol. The highest BCUT2D eigenvalue weighted by Crippen LogP contribution is 2.15. The van der Waals surface area contributed by atoms with Crippen molar-refractivity contribution in [3.8, 4) is 0 Å². The third-order valence-corrected chi connectivity index (χ3v) is 4.74. The Morgan fingerprint density at radius 2 is 1.77 bits per heavy atom. The van der Waals surface area contributed by atoms with Gasteiger partial charge in [-0.05, 0) is 24.3 Å². The lowest BCUT2D eigenvalue weighted by atomic mass is 10.3. The molecule has 0 unspecified atom stereocenters.